The van der Waals surface area contributed by atoms with Crippen LogP contribution in [-0.4, -0.2) is 28.3 Å². The summed E-state index contributed by atoms with van der Waals surface area (Å²) in [7, 11) is 0. The largest absolute Gasteiger partial charge is 0.465 e. The minimum Gasteiger partial charge on any atom is -0.465 e. The number of nitrogens with zero attached hydrogens (tertiary/aromatic N) is 1. The van der Waals surface area contributed by atoms with Gasteiger partial charge < -0.3 is 9.84 Å². The minimum absolute atomic E-state index is 0.191. The first-order valence-corrected chi connectivity index (χ1v) is 9.86. The summed E-state index contributed by atoms with van der Waals surface area (Å²) in [6.07, 6.45) is 7.26. The Morgan fingerprint density at radius 1 is 1.19 bits per heavy atom. The predicted octanol–water partition coefficient (Wildman–Crippen LogP) is 4.68. The fourth-order valence-electron chi connectivity index (χ4n) is 3.68. The van der Waals surface area contributed by atoms with Crippen LogP contribution in [-0.2, 0) is 16.0 Å². The molecule has 1 fully saturated rings. The Labute approximate surface area is 161 Å². The standard InChI is InChI=1S/C23H29NO3/c1-4-19-9-8-18-7-6-17(16-20(18)24-19)10-11-23(21(25)27-5-2)14-12-22(3,26)13-15-23/h6-11,16,26H,4-5,12-15H2,1-3H3/b11-10+. The van der Waals surface area contributed by atoms with Crippen LogP contribution >= 0.6 is 0 Å². The molecule has 27 heavy (non-hydrogen) atoms. The average Bonchev–Trinajstić information content (AvgIpc) is 2.67. The summed E-state index contributed by atoms with van der Waals surface area (Å²) in [5.74, 6) is -0.191. The number of ether oxygens (including phenoxy) is 1. The number of aryl methyl sites for hydroxylation is 1. The topological polar surface area (TPSA) is 59.4 Å². The van der Waals surface area contributed by atoms with Gasteiger partial charge in [0.1, 0.15) is 0 Å². The van der Waals surface area contributed by atoms with Crippen LogP contribution in [0.25, 0.3) is 17.0 Å². The average molecular weight is 367 g/mol. The number of benzene rings is 1. The number of rotatable bonds is 5. The van der Waals surface area contributed by atoms with Gasteiger partial charge in [0.25, 0.3) is 0 Å². The van der Waals surface area contributed by atoms with Gasteiger partial charge in [0.15, 0.2) is 0 Å². The normalized spacial score (nSPS) is 25.8. The van der Waals surface area contributed by atoms with E-state index in [4.69, 9.17) is 9.72 Å². The lowest BCUT2D eigenvalue weighted by molar-refractivity contribution is -0.156. The Morgan fingerprint density at radius 3 is 2.56 bits per heavy atom. The molecule has 0 atom stereocenters. The maximum absolute atomic E-state index is 12.7. The number of pyridine rings is 1. The molecule has 4 heteroatoms. The van der Waals surface area contributed by atoms with Crippen molar-refractivity contribution in [3.63, 3.8) is 0 Å². The van der Waals surface area contributed by atoms with Crippen molar-refractivity contribution < 1.29 is 14.6 Å². The van der Waals surface area contributed by atoms with Crippen molar-refractivity contribution in [3.05, 3.63) is 47.7 Å². The van der Waals surface area contributed by atoms with Crippen LogP contribution in [0.1, 0.15) is 57.7 Å². The second kappa shape index (κ2) is 7.81. The molecule has 4 nitrogen and oxygen atoms in total. The van der Waals surface area contributed by atoms with Gasteiger partial charge in [-0.25, -0.2) is 0 Å². The van der Waals surface area contributed by atoms with Gasteiger partial charge in [-0.3, -0.25) is 9.78 Å². The molecule has 3 rings (SSSR count). The van der Waals surface area contributed by atoms with E-state index in [2.05, 4.69) is 31.2 Å². The highest BCUT2D eigenvalue weighted by molar-refractivity contribution is 5.83. The van der Waals surface area contributed by atoms with Gasteiger partial charge in [-0.05, 0) is 63.6 Å². The van der Waals surface area contributed by atoms with Crippen LogP contribution in [0.15, 0.2) is 36.4 Å². The van der Waals surface area contributed by atoms with Crippen molar-refractivity contribution in [3.8, 4) is 0 Å². The summed E-state index contributed by atoms with van der Waals surface area (Å²) in [6.45, 7) is 6.13. The second-order valence-electron chi connectivity index (χ2n) is 7.82. The van der Waals surface area contributed by atoms with Crippen molar-refractivity contribution in [2.45, 2.75) is 58.5 Å². The van der Waals surface area contributed by atoms with Crippen LogP contribution < -0.4 is 0 Å². The van der Waals surface area contributed by atoms with Gasteiger partial charge in [0, 0.05) is 11.1 Å². The lowest BCUT2D eigenvalue weighted by Crippen LogP contribution is -2.41. The molecule has 0 radical (unpaired) electrons. The Morgan fingerprint density at radius 2 is 1.89 bits per heavy atom. The number of aliphatic hydroxyl groups is 1. The van der Waals surface area contributed by atoms with E-state index in [1.165, 1.54) is 0 Å². The van der Waals surface area contributed by atoms with E-state index in [1.807, 2.05) is 32.1 Å². The molecule has 1 saturated carbocycles. The quantitative estimate of drug-likeness (QED) is 0.779. The fraction of sp³-hybridized carbons (Fsp3) is 0.478. The van der Waals surface area contributed by atoms with E-state index in [9.17, 15) is 9.90 Å². The van der Waals surface area contributed by atoms with Crippen LogP contribution in [0, 0.1) is 5.41 Å². The first-order chi connectivity index (χ1) is 12.9. The monoisotopic (exact) mass is 367 g/mol. The molecule has 0 unspecified atom stereocenters. The molecule has 144 valence electrons. The van der Waals surface area contributed by atoms with Crippen LogP contribution in [0.5, 0.6) is 0 Å². The van der Waals surface area contributed by atoms with Gasteiger partial charge in [-0.15, -0.1) is 0 Å². The van der Waals surface area contributed by atoms with Gasteiger partial charge >= 0.3 is 5.97 Å². The summed E-state index contributed by atoms with van der Waals surface area (Å²) < 4.78 is 5.36. The van der Waals surface area contributed by atoms with E-state index in [0.29, 0.717) is 32.3 Å². The van der Waals surface area contributed by atoms with Gasteiger partial charge in [-0.1, -0.05) is 37.3 Å². The second-order valence-corrected chi connectivity index (χ2v) is 7.82. The highest BCUT2D eigenvalue weighted by Crippen LogP contribution is 2.43. The lowest BCUT2D eigenvalue weighted by atomic mass is 9.69. The molecule has 0 aliphatic heterocycles. The zero-order valence-electron chi connectivity index (χ0n) is 16.5. The van der Waals surface area contributed by atoms with E-state index in [-0.39, 0.29) is 5.97 Å². The molecule has 0 bridgehead atoms. The maximum atomic E-state index is 12.7. The number of hydrogen-bond acceptors (Lipinski definition) is 4. The first kappa shape index (κ1) is 19.6. The van der Waals surface area contributed by atoms with E-state index < -0.39 is 11.0 Å². The maximum Gasteiger partial charge on any atom is 0.315 e. The third kappa shape index (κ3) is 4.38. The van der Waals surface area contributed by atoms with Gasteiger partial charge in [0.2, 0.25) is 0 Å². The van der Waals surface area contributed by atoms with Crippen molar-refractivity contribution in [2.24, 2.45) is 5.41 Å². The van der Waals surface area contributed by atoms with Crippen molar-refractivity contribution >= 4 is 22.9 Å². The Bertz CT molecular complexity index is 844. The molecule has 2 aromatic rings. The molecular weight excluding hydrogens is 338 g/mol. The summed E-state index contributed by atoms with van der Waals surface area (Å²) in [5.41, 5.74) is 1.69. The third-order valence-corrected chi connectivity index (χ3v) is 5.63. The van der Waals surface area contributed by atoms with Gasteiger partial charge in [-0.2, -0.15) is 0 Å². The zero-order valence-corrected chi connectivity index (χ0v) is 16.5. The molecule has 0 saturated heterocycles. The zero-order chi connectivity index (χ0) is 19.5. The van der Waals surface area contributed by atoms with Crippen molar-refractivity contribution in [2.75, 3.05) is 6.61 Å². The number of carbonyl (C=O) groups excluding carboxylic acids is 1. The molecule has 0 amide bonds. The Hall–Kier alpha value is -2.20. The molecule has 1 aromatic heterocycles. The number of fused-ring (bicyclic) bond motifs is 1. The number of carbonyl (C=O) groups is 1. The van der Waals surface area contributed by atoms with E-state index in [0.717, 1.165) is 28.6 Å². The summed E-state index contributed by atoms with van der Waals surface area (Å²) in [5, 5.41) is 11.4. The molecule has 1 N–H and O–H groups in total. The Kier molecular flexibility index (Phi) is 5.66. The van der Waals surface area contributed by atoms with Crippen LogP contribution in [0.2, 0.25) is 0 Å². The highest BCUT2D eigenvalue weighted by atomic mass is 16.5. The molecule has 1 heterocycles. The van der Waals surface area contributed by atoms with Crippen molar-refractivity contribution in [1.29, 1.82) is 0 Å². The molecule has 1 aromatic carbocycles. The number of esters is 1. The van der Waals surface area contributed by atoms with Crippen LogP contribution in [0.3, 0.4) is 0 Å². The highest BCUT2D eigenvalue weighted by Gasteiger charge is 2.44. The summed E-state index contributed by atoms with van der Waals surface area (Å²) in [4.78, 5) is 17.4. The summed E-state index contributed by atoms with van der Waals surface area (Å²) >= 11 is 0. The molecule has 1 aliphatic rings. The molecular formula is C23H29NO3. The summed E-state index contributed by atoms with van der Waals surface area (Å²) in [6, 6.07) is 10.3. The SMILES string of the molecule is CCOC(=O)C1(/C=C/c2ccc3ccc(CC)nc3c2)CCC(C)(O)CC1. The first-order valence-electron chi connectivity index (χ1n) is 9.86. The number of hydrogen-bond donors (Lipinski definition) is 1. The molecule has 1 aliphatic carbocycles. The van der Waals surface area contributed by atoms with Gasteiger partial charge in [0.05, 0.1) is 23.1 Å². The predicted molar refractivity (Wildman–Crippen MR) is 108 cm³/mol. The fourth-order valence-corrected chi connectivity index (χ4v) is 3.68. The third-order valence-electron chi connectivity index (χ3n) is 5.63. The number of aromatic nitrogens is 1. The molecule has 0 spiro atoms. The Balaban J connectivity index is 1.90. The van der Waals surface area contributed by atoms with E-state index >= 15 is 0 Å². The smallest absolute Gasteiger partial charge is 0.315 e. The van der Waals surface area contributed by atoms with Crippen LogP contribution in [0.4, 0.5) is 0 Å². The van der Waals surface area contributed by atoms with Crippen molar-refractivity contribution in [1.82, 2.24) is 4.98 Å². The van der Waals surface area contributed by atoms with E-state index in [1.54, 1.807) is 0 Å². The minimum atomic E-state index is -0.701. The lowest BCUT2D eigenvalue weighted by Gasteiger charge is -2.39.